The number of carbonyl (C=O) groups is 1. The van der Waals surface area contributed by atoms with E-state index in [9.17, 15) is 17.6 Å². The Morgan fingerprint density at radius 3 is 2.29 bits per heavy atom. The maximum Gasteiger partial charge on any atom is 0.271 e. The van der Waals surface area contributed by atoms with Crippen LogP contribution in [0.2, 0.25) is 0 Å². The quantitative estimate of drug-likeness (QED) is 0.608. The number of nitrogens with zero attached hydrogens (tertiary/aromatic N) is 3. The molecule has 1 aliphatic rings. The number of hydrogen-bond donors (Lipinski definition) is 0. The zero-order valence-electron chi connectivity index (χ0n) is 18.6. The molecule has 0 spiro atoms. The second kappa shape index (κ2) is 9.96. The second-order valence-corrected chi connectivity index (χ2v) is 10.1. The average Bonchev–Trinajstić information content (AvgIpc) is 3.16. The first-order valence-electron chi connectivity index (χ1n) is 11.0. The van der Waals surface area contributed by atoms with Gasteiger partial charge < -0.3 is 9.47 Å². The molecular formula is C23H32FN3O3S. The molecule has 170 valence electrons. The number of aryl methyl sites for hydroxylation is 1. The predicted molar refractivity (Wildman–Crippen MR) is 119 cm³/mol. The molecule has 3 rings (SSSR count). The predicted octanol–water partition coefficient (Wildman–Crippen LogP) is 4.17. The second-order valence-electron chi connectivity index (χ2n) is 8.11. The van der Waals surface area contributed by atoms with Gasteiger partial charge in [0, 0.05) is 38.9 Å². The van der Waals surface area contributed by atoms with Crippen molar-refractivity contribution in [1.29, 1.82) is 0 Å². The van der Waals surface area contributed by atoms with Gasteiger partial charge in [0.05, 0.1) is 0 Å². The molecule has 1 aromatic carbocycles. The molecule has 8 heteroatoms. The van der Waals surface area contributed by atoms with E-state index in [1.54, 1.807) is 37.6 Å². The number of hydrogen-bond acceptors (Lipinski definition) is 3. The van der Waals surface area contributed by atoms with Crippen molar-refractivity contribution in [1.82, 2.24) is 13.8 Å². The molecule has 1 fully saturated rings. The Labute approximate surface area is 184 Å². The first-order valence-corrected chi connectivity index (χ1v) is 12.4. The number of rotatable bonds is 8. The van der Waals surface area contributed by atoms with Gasteiger partial charge in [-0.3, -0.25) is 4.79 Å². The number of carbonyl (C=O) groups excluding carboxylic acids is 1. The number of amides is 1. The molecule has 2 aromatic rings. The zero-order valence-corrected chi connectivity index (χ0v) is 19.4. The van der Waals surface area contributed by atoms with Crippen molar-refractivity contribution in [3.63, 3.8) is 0 Å². The molecule has 0 N–H and O–H groups in total. The molecule has 1 aliphatic carbocycles. The van der Waals surface area contributed by atoms with Gasteiger partial charge in [0.15, 0.2) is 0 Å². The van der Waals surface area contributed by atoms with Crippen LogP contribution in [-0.2, 0) is 23.6 Å². The highest BCUT2D eigenvalue weighted by atomic mass is 32.2. The van der Waals surface area contributed by atoms with E-state index >= 15 is 0 Å². The molecular weight excluding hydrogens is 417 g/mol. The van der Waals surface area contributed by atoms with Crippen LogP contribution in [0.4, 0.5) is 4.39 Å². The van der Waals surface area contributed by atoms with Gasteiger partial charge in [-0.1, -0.05) is 45.2 Å². The van der Waals surface area contributed by atoms with Crippen molar-refractivity contribution in [3.8, 4) is 0 Å². The van der Waals surface area contributed by atoms with Crippen molar-refractivity contribution in [2.24, 2.45) is 7.05 Å². The molecule has 0 aliphatic heterocycles. The number of benzene rings is 1. The van der Waals surface area contributed by atoms with E-state index in [4.69, 9.17) is 0 Å². The molecule has 1 saturated carbocycles. The van der Waals surface area contributed by atoms with Gasteiger partial charge >= 0.3 is 0 Å². The average molecular weight is 450 g/mol. The third-order valence-corrected chi connectivity index (χ3v) is 8.10. The van der Waals surface area contributed by atoms with Gasteiger partial charge in [-0.15, -0.1) is 0 Å². The lowest BCUT2D eigenvalue weighted by molar-refractivity contribution is 0.0604. The third kappa shape index (κ3) is 5.18. The molecule has 31 heavy (non-hydrogen) atoms. The summed E-state index contributed by atoms with van der Waals surface area (Å²) in [5.74, 6) is -0.507. The van der Waals surface area contributed by atoms with Crippen LogP contribution in [-0.4, -0.2) is 47.2 Å². The fourth-order valence-corrected chi connectivity index (χ4v) is 5.82. The Kier molecular flexibility index (Phi) is 7.54. The number of aromatic nitrogens is 1. The normalized spacial score (nSPS) is 15.4. The summed E-state index contributed by atoms with van der Waals surface area (Å²) >= 11 is 0. The van der Waals surface area contributed by atoms with Crippen molar-refractivity contribution < 1.29 is 17.6 Å². The summed E-state index contributed by atoms with van der Waals surface area (Å²) in [6.45, 7) is 4.70. The highest BCUT2D eigenvalue weighted by molar-refractivity contribution is 7.89. The van der Waals surface area contributed by atoms with Crippen LogP contribution in [0.25, 0.3) is 0 Å². The monoisotopic (exact) mass is 449 g/mol. The van der Waals surface area contributed by atoms with E-state index in [-0.39, 0.29) is 22.7 Å². The lowest BCUT2D eigenvalue weighted by Gasteiger charge is -2.34. The summed E-state index contributed by atoms with van der Waals surface area (Å²) in [5, 5.41) is 0. The lowest BCUT2D eigenvalue weighted by Crippen LogP contribution is -2.41. The Bertz CT molecular complexity index is 992. The summed E-state index contributed by atoms with van der Waals surface area (Å²) in [5.41, 5.74) is 1.20. The van der Waals surface area contributed by atoms with Crippen LogP contribution in [0.1, 0.15) is 62.0 Å². The highest BCUT2D eigenvalue weighted by Gasteiger charge is 2.30. The van der Waals surface area contributed by atoms with Crippen molar-refractivity contribution in [2.45, 2.75) is 63.4 Å². The fourth-order valence-electron chi connectivity index (χ4n) is 4.29. The smallest absolute Gasteiger partial charge is 0.271 e. The minimum absolute atomic E-state index is 0.0871. The van der Waals surface area contributed by atoms with Crippen LogP contribution in [0.3, 0.4) is 0 Å². The third-order valence-electron chi connectivity index (χ3n) is 6.08. The lowest BCUT2D eigenvalue weighted by atomic mass is 9.93. The van der Waals surface area contributed by atoms with Crippen LogP contribution in [0.5, 0.6) is 0 Å². The van der Waals surface area contributed by atoms with Gasteiger partial charge in [0.25, 0.3) is 5.91 Å². The van der Waals surface area contributed by atoms with Crippen molar-refractivity contribution in [2.75, 3.05) is 13.1 Å². The van der Waals surface area contributed by atoms with Crippen LogP contribution >= 0.6 is 0 Å². The Morgan fingerprint density at radius 1 is 1.10 bits per heavy atom. The van der Waals surface area contributed by atoms with Gasteiger partial charge in [-0.25, -0.2) is 12.8 Å². The largest absolute Gasteiger partial charge is 0.345 e. The van der Waals surface area contributed by atoms with E-state index in [0.717, 1.165) is 37.7 Å². The van der Waals surface area contributed by atoms with Crippen LogP contribution in [0, 0.1) is 5.82 Å². The van der Waals surface area contributed by atoms with E-state index in [1.807, 2.05) is 4.90 Å². The topological polar surface area (TPSA) is 62.6 Å². The summed E-state index contributed by atoms with van der Waals surface area (Å²) in [7, 11) is -1.95. The van der Waals surface area contributed by atoms with Crippen molar-refractivity contribution >= 4 is 15.9 Å². The minimum Gasteiger partial charge on any atom is -0.345 e. The Morgan fingerprint density at radius 2 is 1.71 bits per heavy atom. The summed E-state index contributed by atoms with van der Waals surface area (Å²) in [6, 6.07) is 7.76. The molecule has 0 radical (unpaired) electrons. The maximum absolute atomic E-state index is 13.6. The van der Waals surface area contributed by atoms with E-state index < -0.39 is 10.0 Å². The minimum atomic E-state index is -3.65. The van der Waals surface area contributed by atoms with E-state index in [0.29, 0.717) is 25.3 Å². The Hall–Kier alpha value is -2.19. The van der Waals surface area contributed by atoms with Gasteiger partial charge in [-0.2, -0.15) is 4.31 Å². The molecule has 6 nitrogen and oxygen atoms in total. The zero-order chi connectivity index (χ0) is 22.6. The highest BCUT2D eigenvalue weighted by Crippen LogP contribution is 2.27. The molecule has 1 amide bonds. The van der Waals surface area contributed by atoms with Crippen LogP contribution < -0.4 is 0 Å². The van der Waals surface area contributed by atoms with Gasteiger partial charge in [0.1, 0.15) is 16.4 Å². The summed E-state index contributed by atoms with van der Waals surface area (Å²) in [4.78, 5) is 15.6. The van der Waals surface area contributed by atoms with Crippen LogP contribution in [0.15, 0.2) is 41.4 Å². The molecule has 0 bridgehead atoms. The van der Waals surface area contributed by atoms with Crippen molar-refractivity contribution in [3.05, 3.63) is 53.6 Å². The Balaban J connectivity index is 1.93. The summed E-state index contributed by atoms with van der Waals surface area (Å²) in [6.07, 6.45) is 6.63. The van der Waals surface area contributed by atoms with E-state index in [1.165, 1.54) is 28.7 Å². The number of sulfonamides is 1. The number of halogens is 1. The molecule has 0 saturated heterocycles. The fraction of sp³-hybridized carbons (Fsp3) is 0.522. The standard InChI is InChI=1S/C23H32FN3O3S/c1-4-26(5-2)31(29,30)21-15-22(25(3)17-21)23(28)27(20-9-7-6-8-10-20)16-18-11-13-19(24)14-12-18/h11-15,17,20H,4-10,16H2,1-3H3. The van der Waals surface area contributed by atoms with E-state index in [2.05, 4.69) is 0 Å². The molecule has 0 atom stereocenters. The van der Waals surface area contributed by atoms with Gasteiger partial charge in [0.2, 0.25) is 10.0 Å². The maximum atomic E-state index is 13.6. The molecule has 1 aromatic heterocycles. The van der Waals surface area contributed by atoms with Gasteiger partial charge in [-0.05, 0) is 36.6 Å². The summed E-state index contributed by atoms with van der Waals surface area (Å²) < 4.78 is 42.2. The molecule has 0 unspecified atom stereocenters. The first-order chi connectivity index (χ1) is 14.8. The molecule has 1 heterocycles. The first kappa shape index (κ1) is 23.5. The SMILES string of the molecule is CCN(CC)S(=O)(=O)c1cc(C(=O)N(Cc2ccc(F)cc2)C2CCCCC2)n(C)c1.